The van der Waals surface area contributed by atoms with E-state index in [2.05, 4.69) is 76.0 Å². The fourth-order valence-electron chi connectivity index (χ4n) is 4.80. The molecule has 0 aromatic heterocycles. The van der Waals surface area contributed by atoms with Gasteiger partial charge in [-0.15, -0.1) is 0 Å². The smallest absolute Gasteiger partial charge is 0.228 e. The minimum atomic E-state index is -0.926. The molecule has 0 unspecified atom stereocenters. The largest absolute Gasteiger partial charge is 0.370 e. The molecule has 0 spiro atoms. The average molecular weight is 510 g/mol. The monoisotopic (exact) mass is 509 g/mol. The fourth-order valence-corrected chi connectivity index (χ4v) is 4.80. The average Bonchev–Trinajstić information content (AvgIpc) is 2.91. The maximum absolute atomic E-state index is 14.0. The summed E-state index contributed by atoms with van der Waals surface area (Å²) < 4.78 is 0. The van der Waals surface area contributed by atoms with E-state index in [-0.39, 0.29) is 24.4 Å². The normalized spacial score (nSPS) is 11.3. The first-order valence-electron chi connectivity index (χ1n) is 12.7. The zero-order valence-corrected chi connectivity index (χ0v) is 21.4. The number of carbonyl (C=O) groups is 1. The van der Waals surface area contributed by atoms with Gasteiger partial charge >= 0.3 is 0 Å². The van der Waals surface area contributed by atoms with Crippen LogP contribution in [0.25, 0.3) is 21.5 Å². The molecule has 0 bridgehead atoms. The molecule has 0 radical (unpaired) electrons. The topological polar surface area (TPSA) is 158 Å². The summed E-state index contributed by atoms with van der Waals surface area (Å²) in [5.74, 6) is -0.133. The number of benzene rings is 4. The number of nitrogens with zero attached hydrogens (tertiary/aromatic N) is 2. The van der Waals surface area contributed by atoms with Crippen molar-refractivity contribution in [1.29, 1.82) is 0 Å². The zero-order valence-electron chi connectivity index (χ0n) is 21.4. The van der Waals surface area contributed by atoms with E-state index in [1.54, 1.807) is 0 Å². The number of nitrogens with two attached hydrogens (primary N) is 4. The maximum atomic E-state index is 14.0. The van der Waals surface area contributed by atoms with Crippen LogP contribution >= 0.6 is 0 Å². The third-order valence-corrected chi connectivity index (χ3v) is 6.67. The molecule has 8 heteroatoms. The Hall–Kier alpha value is -4.59. The van der Waals surface area contributed by atoms with Gasteiger partial charge in [0.2, 0.25) is 5.91 Å². The molecule has 4 aromatic carbocycles. The lowest BCUT2D eigenvalue weighted by atomic mass is 9.75. The van der Waals surface area contributed by atoms with Gasteiger partial charge in [0, 0.05) is 13.1 Å². The van der Waals surface area contributed by atoms with Crippen LogP contribution in [-0.2, 0) is 17.6 Å². The molecule has 1 amide bonds. The van der Waals surface area contributed by atoms with Crippen molar-refractivity contribution in [1.82, 2.24) is 5.32 Å². The van der Waals surface area contributed by atoms with Crippen LogP contribution in [0.1, 0.15) is 17.5 Å². The van der Waals surface area contributed by atoms with Gasteiger partial charge in [0.25, 0.3) is 0 Å². The third kappa shape index (κ3) is 6.79. The summed E-state index contributed by atoms with van der Waals surface area (Å²) in [6, 6.07) is 28.9. The highest BCUT2D eigenvalue weighted by Crippen LogP contribution is 2.32. The Morgan fingerprint density at radius 1 is 0.684 bits per heavy atom. The SMILES string of the molecule is NC(N)=NCCCNC(=O)C(CN=C(N)N)(Cc1ccc2ccccc2c1)Cc1ccc2ccccc2c1. The predicted octanol–water partition coefficient (Wildman–Crippen LogP) is 2.82. The molecule has 9 N–H and O–H groups in total. The lowest BCUT2D eigenvalue weighted by molar-refractivity contribution is -0.130. The number of nitrogens with one attached hydrogen (secondary N) is 1. The zero-order chi connectivity index (χ0) is 27.0. The van der Waals surface area contributed by atoms with Crippen molar-refractivity contribution in [2.75, 3.05) is 19.6 Å². The summed E-state index contributed by atoms with van der Waals surface area (Å²) in [6.45, 7) is 1.00. The summed E-state index contributed by atoms with van der Waals surface area (Å²) in [7, 11) is 0. The highest BCUT2D eigenvalue weighted by Gasteiger charge is 2.39. The van der Waals surface area contributed by atoms with Gasteiger partial charge in [-0.3, -0.25) is 14.8 Å². The molecule has 0 atom stereocenters. The first-order valence-corrected chi connectivity index (χ1v) is 12.7. The standard InChI is InChI=1S/C30H35N7O/c31-28(32)36-15-5-14-35-27(38)30(20-37-29(33)34,18-21-10-12-23-6-1-3-8-25(23)16-21)19-22-11-13-24-7-2-4-9-26(24)17-22/h1-4,6-13,16-17H,5,14-15,18-20H2,(H,35,38)(H4,31,32,36)(H4,33,34,37). The molecule has 8 nitrogen and oxygen atoms in total. The predicted molar refractivity (Wildman–Crippen MR) is 157 cm³/mol. The van der Waals surface area contributed by atoms with Crippen LogP contribution in [0.2, 0.25) is 0 Å². The molecule has 0 saturated carbocycles. The summed E-state index contributed by atoms with van der Waals surface area (Å²) in [4.78, 5) is 22.3. The molecule has 4 rings (SSSR count). The third-order valence-electron chi connectivity index (χ3n) is 6.67. The minimum absolute atomic E-state index is 0.0334. The Bertz CT molecular complexity index is 1390. The van der Waals surface area contributed by atoms with Crippen molar-refractivity contribution in [2.45, 2.75) is 19.3 Å². The van der Waals surface area contributed by atoms with E-state index in [0.717, 1.165) is 32.7 Å². The van der Waals surface area contributed by atoms with E-state index < -0.39 is 5.41 Å². The second kappa shape index (κ2) is 12.1. The van der Waals surface area contributed by atoms with Crippen molar-refractivity contribution in [3.8, 4) is 0 Å². The summed E-state index contributed by atoms with van der Waals surface area (Å²) in [5, 5.41) is 7.61. The molecular formula is C30H35N7O. The van der Waals surface area contributed by atoms with E-state index in [9.17, 15) is 4.79 Å². The number of hydrogen-bond donors (Lipinski definition) is 5. The Morgan fingerprint density at radius 3 is 1.68 bits per heavy atom. The summed E-state index contributed by atoms with van der Waals surface area (Å²) in [6.07, 6.45) is 1.52. The molecule has 0 aliphatic heterocycles. The maximum Gasteiger partial charge on any atom is 0.228 e. The minimum Gasteiger partial charge on any atom is -0.370 e. The van der Waals surface area contributed by atoms with Gasteiger partial charge in [-0.2, -0.15) is 0 Å². The second-order valence-electron chi connectivity index (χ2n) is 9.65. The Labute approximate surface area is 222 Å². The van der Waals surface area contributed by atoms with Crippen LogP contribution < -0.4 is 28.3 Å². The fraction of sp³-hybridized carbons (Fsp3) is 0.233. The van der Waals surface area contributed by atoms with Crippen molar-refractivity contribution in [3.63, 3.8) is 0 Å². The van der Waals surface area contributed by atoms with Crippen molar-refractivity contribution in [3.05, 3.63) is 96.1 Å². The highest BCUT2D eigenvalue weighted by molar-refractivity contribution is 5.87. The quantitative estimate of drug-likeness (QED) is 0.119. The van der Waals surface area contributed by atoms with Gasteiger partial charge in [0.1, 0.15) is 0 Å². The van der Waals surface area contributed by atoms with Crippen LogP contribution in [0.3, 0.4) is 0 Å². The highest BCUT2D eigenvalue weighted by atomic mass is 16.2. The molecule has 0 saturated heterocycles. The van der Waals surface area contributed by atoms with Crippen LogP contribution in [0, 0.1) is 5.41 Å². The molecule has 4 aromatic rings. The molecule has 38 heavy (non-hydrogen) atoms. The lowest BCUT2D eigenvalue weighted by Crippen LogP contribution is -2.47. The molecule has 0 fully saturated rings. The number of aliphatic imine (C=N–C) groups is 2. The number of carbonyl (C=O) groups excluding carboxylic acids is 1. The van der Waals surface area contributed by atoms with Crippen LogP contribution in [0.5, 0.6) is 0 Å². The van der Waals surface area contributed by atoms with Gasteiger partial charge in [0.15, 0.2) is 11.9 Å². The number of guanidine groups is 2. The molecule has 0 aliphatic rings. The van der Waals surface area contributed by atoms with Crippen LogP contribution in [0.4, 0.5) is 0 Å². The second-order valence-corrected chi connectivity index (χ2v) is 9.65. The van der Waals surface area contributed by atoms with Gasteiger partial charge in [-0.25, -0.2) is 0 Å². The van der Waals surface area contributed by atoms with Crippen molar-refractivity contribution in [2.24, 2.45) is 38.3 Å². The van der Waals surface area contributed by atoms with Gasteiger partial charge in [0.05, 0.1) is 12.0 Å². The van der Waals surface area contributed by atoms with Crippen molar-refractivity contribution < 1.29 is 4.79 Å². The molecule has 0 aliphatic carbocycles. The number of amides is 1. The molecular weight excluding hydrogens is 474 g/mol. The molecule has 0 heterocycles. The van der Waals surface area contributed by atoms with Crippen LogP contribution in [-0.4, -0.2) is 37.5 Å². The van der Waals surface area contributed by atoms with Gasteiger partial charge < -0.3 is 28.3 Å². The van der Waals surface area contributed by atoms with Crippen molar-refractivity contribution >= 4 is 39.4 Å². The van der Waals surface area contributed by atoms with E-state index in [1.807, 2.05) is 24.3 Å². The van der Waals surface area contributed by atoms with Gasteiger partial charge in [-0.1, -0.05) is 84.9 Å². The Morgan fingerprint density at radius 2 is 1.18 bits per heavy atom. The van der Waals surface area contributed by atoms with Crippen LogP contribution in [0.15, 0.2) is 94.9 Å². The Kier molecular flexibility index (Phi) is 8.43. The Balaban J connectivity index is 1.70. The van der Waals surface area contributed by atoms with E-state index in [1.165, 1.54) is 0 Å². The lowest BCUT2D eigenvalue weighted by Gasteiger charge is -2.32. The number of fused-ring (bicyclic) bond motifs is 2. The summed E-state index contributed by atoms with van der Waals surface area (Å²) >= 11 is 0. The first kappa shape index (κ1) is 26.5. The van der Waals surface area contributed by atoms with E-state index in [4.69, 9.17) is 22.9 Å². The van der Waals surface area contributed by atoms with E-state index >= 15 is 0 Å². The number of rotatable bonds is 11. The first-order chi connectivity index (χ1) is 18.3. The summed E-state index contributed by atoms with van der Waals surface area (Å²) in [5.41, 5.74) is 23.5. The van der Waals surface area contributed by atoms with Gasteiger partial charge in [-0.05, 0) is 51.9 Å². The number of hydrogen-bond acceptors (Lipinski definition) is 3. The van der Waals surface area contributed by atoms with E-state index in [0.29, 0.717) is 32.4 Å². The molecule has 196 valence electrons.